The second-order valence-electron chi connectivity index (χ2n) is 8.69. The van der Waals surface area contributed by atoms with Crippen LogP contribution in [0.2, 0.25) is 0 Å². The van der Waals surface area contributed by atoms with Crippen molar-refractivity contribution in [1.82, 2.24) is 5.32 Å². The Labute approximate surface area is 191 Å². The first kappa shape index (κ1) is 22.9. The molecule has 1 amide bonds. The first-order valence-electron chi connectivity index (χ1n) is 11.3. The Kier molecular flexibility index (Phi) is 6.96. The van der Waals surface area contributed by atoms with Crippen LogP contribution in [0.25, 0.3) is 21.9 Å². The minimum atomic E-state index is -0.400. The standard InChI is InChI=1S/C25H31NO5S/c1-14-17(8-9-22(28)26-16(13-27)10-11-32-3)25(29)31-23-15(2)24-20(12-19(14)23)18-6-4-5-7-21(18)30-24/h12,16,27H,4-11,13H2,1-3H3,(H,26,28). The summed E-state index contributed by atoms with van der Waals surface area (Å²) in [5.74, 6) is 1.76. The van der Waals surface area contributed by atoms with Gasteiger partial charge in [-0.1, -0.05) is 0 Å². The lowest BCUT2D eigenvalue weighted by Gasteiger charge is -2.16. The Morgan fingerprint density at radius 1 is 1.16 bits per heavy atom. The number of carbonyl (C=O) groups is 1. The molecule has 2 N–H and O–H groups in total. The fourth-order valence-electron chi connectivity index (χ4n) is 4.71. The van der Waals surface area contributed by atoms with Crippen molar-refractivity contribution < 1.29 is 18.7 Å². The number of aryl methyl sites for hydroxylation is 4. The Morgan fingerprint density at radius 3 is 2.66 bits per heavy atom. The van der Waals surface area contributed by atoms with Crippen LogP contribution in [0.3, 0.4) is 0 Å². The predicted molar refractivity (Wildman–Crippen MR) is 129 cm³/mol. The third kappa shape index (κ3) is 4.33. The third-order valence-electron chi connectivity index (χ3n) is 6.58. The summed E-state index contributed by atoms with van der Waals surface area (Å²) in [6.07, 6.45) is 7.45. The quantitative estimate of drug-likeness (QED) is 0.493. The highest BCUT2D eigenvalue weighted by Crippen LogP contribution is 2.37. The predicted octanol–water partition coefficient (Wildman–Crippen LogP) is 4.20. The highest BCUT2D eigenvalue weighted by molar-refractivity contribution is 7.98. The van der Waals surface area contributed by atoms with E-state index in [9.17, 15) is 14.7 Å². The van der Waals surface area contributed by atoms with E-state index >= 15 is 0 Å². The van der Waals surface area contributed by atoms with Crippen LogP contribution in [0.15, 0.2) is 19.7 Å². The van der Waals surface area contributed by atoms with E-state index in [1.54, 1.807) is 11.8 Å². The smallest absolute Gasteiger partial charge is 0.339 e. The van der Waals surface area contributed by atoms with Crippen molar-refractivity contribution in [2.45, 2.75) is 64.8 Å². The van der Waals surface area contributed by atoms with Crippen molar-refractivity contribution in [3.8, 4) is 0 Å². The number of aliphatic hydroxyl groups is 1. The maximum absolute atomic E-state index is 12.8. The summed E-state index contributed by atoms with van der Waals surface area (Å²) in [6, 6.07) is 1.84. The highest BCUT2D eigenvalue weighted by atomic mass is 32.2. The van der Waals surface area contributed by atoms with E-state index in [4.69, 9.17) is 8.83 Å². The van der Waals surface area contributed by atoms with Gasteiger partial charge in [0.2, 0.25) is 5.91 Å². The normalized spacial score (nSPS) is 14.6. The second-order valence-corrected chi connectivity index (χ2v) is 9.67. The molecule has 1 aromatic carbocycles. The zero-order valence-corrected chi connectivity index (χ0v) is 19.8. The molecule has 32 heavy (non-hydrogen) atoms. The summed E-state index contributed by atoms with van der Waals surface area (Å²) < 4.78 is 11.9. The van der Waals surface area contributed by atoms with Crippen molar-refractivity contribution in [2.75, 3.05) is 18.6 Å². The maximum atomic E-state index is 12.8. The fraction of sp³-hybridized carbons (Fsp3) is 0.520. The molecule has 0 saturated heterocycles. The summed E-state index contributed by atoms with van der Waals surface area (Å²) >= 11 is 1.68. The van der Waals surface area contributed by atoms with E-state index in [-0.39, 0.29) is 25.0 Å². The van der Waals surface area contributed by atoms with Gasteiger partial charge >= 0.3 is 5.63 Å². The van der Waals surface area contributed by atoms with Crippen LogP contribution in [-0.4, -0.2) is 35.7 Å². The van der Waals surface area contributed by atoms with Crippen LogP contribution in [0.4, 0.5) is 0 Å². The van der Waals surface area contributed by atoms with E-state index in [0.717, 1.165) is 64.7 Å². The molecular weight excluding hydrogens is 426 g/mol. The molecule has 4 rings (SSSR count). The second kappa shape index (κ2) is 9.71. The van der Waals surface area contributed by atoms with Gasteiger partial charge < -0.3 is 19.3 Å². The maximum Gasteiger partial charge on any atom is 0.339 e. The average molecular weight is 458 g/mol. The van der Waals surface area contributed by atoms with Gasteiger partial charge in [0.15, 0.2) is 0 Å². The number of aliphatic hydroxyl groups excluding tert-OH is 1. The molecule has 0 radical (unpaired) electrons. The van der Waals surface area contributed by atoms with Crippen LogP contribution in [0.5, 0.6) is 0 Å². The minimum Gasteiger partial charge on any atom is -0.460 e. The van der Waals surface area contributed by atoms with Gasteiger partial charge in [0.25, 0.3) is 0 Å². The molecule has 0 aliphatic heterocycles. The van der Waals surface area contributed by atoms with Gasteiger partial charge in [0, 0.05) is 40.3 Å². The molecule has 0 spiro atoms. The molecular formula is C25H31NO5S. The summed E-state index contributed by atoms with van der Waals surface area (Å²) in [5, 5.41) is 14.4. The fourth-order valence-corrected chi connectivity index (χ4v) is 5.23. The van der Waals surface area contributed by atoms with E-state index in [1.807, 2.05) is 20.1 Å². The van der Waals surface area contributed by atoms with E-state index < -0.39 is 5.63 Å². The molecule has 2 heterocycles. The zero-order valence-electron chi connectivity index (χ0n) is 19.0. The number of thioether (sulfide) groups is 1. The minimum absolute atomic E-state index is 0.0895. The number of rotatable bonds is 8. The Hall–Kier alpha value is -2.25. The van der Waals surface area contributed by atoms with Gasteiger partial charge in [-0.15, -0.1) is 0 Å². The van der Waals surface area contributed by atoms with Gasteiger partial charge in [0.05, 0.1) is 12.6 Å². The van der Waals surface area contributed by atoms with Crippen molar-refractivity contribution in [3.63, 3.8) is 0 Å². The lowest BCUT2D eigenvalue weighted by atomic mass is 9.93. The summed E-state index contributed by atoms with van der Waals surface area (Å²) in [7, 11) is 0. The molecule has 1 aliphatic rings. The third-order valence-corrected chi connectivity index (χ3v) is 7.23. The summed E-state index contributed by atoms with van der Waals surface area (Å²) in [6.45, 7) is 3.78. The SMILES string of the molecule is CSCCC(CO)NC(=O)CCc1c(C)c2cc3c4c(oc3c(C)c2oc1=O)CCCC4. The molecule has 172 valence electrons. The van der Waals surface area contributed by atoms with E-state index in [1.165, 1.54) is 5.56 Å². The van der Waals surface area contributed by atoms with Crippen molar-refractivity contribution >= 4 is 39.6 Å². The van der Waals surface area contributed by atoms with Crippen LogP contribution in [-0.2, 0) is 24.1 Å². The molecule has 7 heteroatoms. The number of fused-ring (bicyclic) bond motifs is 4. The number of amides is 1. The Bertz CT molecular complexity index is 1210. The van der Waals surface area contributed by atoms with Gasteiger partial charge in [0.1, 0.15) is 16.9 Å². The first-order chi connectivity index (χ1) is 15.4. The average Bonchev–Trinajstić information content (AvgIpc) is 3.16. The molecule has 0 fully saturated rings. The Morgan fingerprint density at radius 2 is 1.91 bits per heavy atom. The number of nitrogens with one attached hydrogen (secondary N) is 1. The van der Waals surface area contributed by atoms with E-state index in [2.05, 4.69) is 11.4 Å². The van der Waals surface area contributed by atoms with Gasteiger partial charge in [-0.2, -0.15) is 11.8 Å². The van der Waals surface area contributed by atoms with Crippen LogP contribution >= 0.6 is 11.8 Å². The van der Waals surface area contributed by atoms with Crippen molar-refractivity contribution in [3.05, 3.63) is 44.5 Å². The number of carbonyl (C=O) groups excluding carboxylic acids is 1. The number of benzene rings is 1. The van der Waals surface area contributed by atoms with Gasteiger partial charge in [-0.25, -0.2) is 4.79 Å². The first-order valence-corrected chi connectivity index (χ1v) is 12.7. The monoisotopic (exact) mass is 457 g/mol. The number of furan rings is 1. The lowest BCUT2D eigenvalue weighted by Crippen LogP contribution is -2.38. The van der Waals surface area contributed by atoms with Gasteiger partial charge in [-0.3, -0.25) is 4.79 Å². The van der Waals surface area contributed by atoms with Crippen molar-refractivity contribution in [2.24, 2.45) is 0 Å². The molecule has 3 aromatic rings. The topological polar surface area (TPSA) is 92.7 Å². The van der Waals surface area contributed by atoms with E-state index in [0.29, 0.717) is 24.0 Å². The number of hydrogen-bond acceptors (Lipinski definition) is 6. The molecule has 1 unspecified atom stereocenters. The molecule has 0 bridgehead atoms. The molecule has 2 aromatic heterocycles. The molecule has 1 atom stereocenters. The molecule has 0 saturated carbocycles. The largest absolute Gasteiger partial charge is 0.460 e. The lowest BCUT2D eigenvalue weighted by molar-refractivity contribution is -0.122. The van der Waals surface area contributed by atoms with Gasteiger partial charge in [-0.05, 0) is 69.6 Å². The van der Waals surface area contributed by atoms with Crippen molar-refractivity contribution in [1.29, 1.82) is 0 Å². The molecule has 6 nitrogen and oxygen atoms in total. The Balaban J connectivity index is 1.63. The van der Waals surface area contributed by atoms with Crippen LogP contribution in [0.1, 0.15) is 53.7 Å². The van der Waals surface area contributed by atoms with Crippen LogP contribution in [0, 0.1) is 13.8 Å². The number of hydrogen-bond donors (Lipinski definition) is 2. The summed E-state index contributed by atoms with van der Waals surface area (Å²) in [5.41, 5.74) is 4.52. The molecule has 1 aliphatic carbocycles. The summed E-state index contributed by atoms with van der Waals surface area (Å²) in [4.78, 5) is 25.2. The van der Waals surface area contributed by atoms with Crippen LogP contribution < -0.4 is 10.9 Å². The highest BCUT2D eigenvalue weighted by Gasteiger charge is 2.23. The zero-order chi connectivity index (χ0) is 22.8.